The molecule has 150 heavy (non-hydrogen) atoms. The van der Waals surface area contributed by atoms with Gasteiger partial charge >= 0.3 is 0 Å². The summed E-state index contributed by atoms with van der Waals surface area (Å²) in [4.78, 5) is 55.4. The highest BCUT2D eigenvalue weighted by atomic mass is 35.5. The van der Waals surface area contributed by atoms with Gasteiger partial charge in [-0.05, 0) is 249 Å². The topological polar surface area (TPSA) is 391 Å². The van der Waals surface area contributed by atoms with Gasteiger partial charge in [-0.2, -0.15) is 10.5 Å². The summed E-state index contributed by atoms with van der Waals surface area (Å²) < 4.78 is 110. The summed E-state index contributed by atoms with van der Waals surface area (Å²) >= 11 is 13.2. The van der Waals surface area contributed by atoms with Gasteiger partial charge in [0.1, 0.15) is 82.9 Å². The fourth-order valence-electron chi connectivity index (χ4n) is 17.8. The van der Waals surface area contributed by atoms with E-state index in [0.717, 1.165) is 119 Å². The maximum atomic E-state index is 13.8. The lowest BCUT2D eigenvalue weighted by Crippen LogP contribution is -2.26. The summed E-state index contributed by atoms with van der Waals surface area (Å²) in [6.07, 6.45) is 18.8. The number of aryl methyl sites for hydroxylation is 4. The first-order valence-electron chi connectivity index (χ1n) is 49.6. The Kier molecular flexibility index (Phi) is 33.1. The molecule has 40 heteroatoms. The van der Waals surface area contributed by atoms with Crippen molar-refractivity contribution in [1.29, 1.82) is 10.5 Å². The SMILES string of the molecule is C#CC(Cc1cc(Cl)c2ncnc(NCC(C)(C)C)c2c1)c1cccnc1C.Cc1ncccc1C(Cc1cc(Cl)c2ncnc(NCC(C)(C)C)c2c1)c1cn(C2(C(F)F)CC2)nn1.Cc1ncccc1[C@@H](Cc1cc(C#N)c2ncnc(NCC(C)(C)C)c2c1)c1cn(C2(C(F)F)CC2)nn1.Cc1ncccc1[C@H](Cc1cc(C#N)c2ncnc(NCC(C)(C)C)c2c1)c1cn(C2(C(F)F)CC2)nn1.[N-]=[N+]=NC1(C(F)F)CC1. The Morgan fingerprint density at radius 3 is 0.920 bits per heavy atom. The van der Waals surface area contributed by atoms with Gasteiger partial charge in [0.05, 0.1) is 66.2 Å². The molecule has 4 N–H and O–H groups in total. The molecule has 15 aromatic rings. The molecule has 30 nitrogen and oxygen atoms in total. The van der Waals surface area contributed by atoms with Crippen molar-refractivity contribution in [2.24, 2.45) is 26.8 Å². The Labute approximate surface area is 875 Å². The van der Waals surface area contributed by atoms with Gasteiger partial charge in [0.25, 0.3) is 19.3 Å². The number of azide groups is 1. The summed E-state index contributed by atoms with van der Waals surface area (Å²) in [5.41, 5.74) is 19.3. The molecule has 11 heterocycles. The molecule has 0 saturated heterocycles. The monoisotopic (exact) mass is 2080 g/mol. The van der Waals surface area contributed by atoms with Crippen molar-refractivity contribution >= 4 is 90.1 Å². The second-order valence-electron chi connectivity index (χ2n) is 43.8. The molecule has 0 aliphatic heterocycles. The van der Waals surface area contributed by atoms with Crippen LogP contribution in [0.5, 0.6) is 0 Å². The molecule has 0 radical (unpaired) electrons. The van der Waals surface area contributed by atoms with Crippen LogP contribution in [-0.4, -0.2) is 162 Å². The Bertz CT molecular complexity index is 7320. The predicted octanol–water partition coefficient (Wildman–Crippen LogP) is 24.4. The van der Waals surface area contributed by atoms with Crippen molar-refractivity contribution in [3.8, 4) is 24.5 Å². The summed E-state index contributed by atoms with van der Waals surface area (Å²) in [6.45, 7) is 36.4. The molecule has 0 amide bonds. The molecule has 4 saturated carbocycles. The molecule has 4 aliphatic carbocycles. The third kappa shape index (κ3) is 25.9. The van der Waals surface area contributed by atoms with Gasteiger partial charge in [-0.1, -0.05) is 157 Å². The average molecular weight is 2090 g/mol. The number of hydrogen-bond acceptors (Lipinski definition) is 25. The number of alkyl halides is 8. The number of nitriles is 2. The number of anilines is 4. The zero-order chi connectivity index (χ0) is 108. The number of benzene rings is 4. The zero-order valence-corrected chi connectivity index (χ0v) is 88.0. The van der Waals surface area contributed by atoms with Crippen LogP contribution in [0.2, 0.25) is 10.0 Å². The standard InChI is InChI=1S/2C28H30F2N8.C27H30ClF2N7.C23H25ClN4.C4H5F2N3/c2*1-17-20(6-5-9-32-17)21(23-14-38(37-36-23)28(7-8-28)26(29)30)11-18-10-19(13-31)24-22(12-18)25(35-16-34-24)33-15-27(2,3)4;1-16-18(6-5-9-31-16)19(22-13-37(36-35-22)27(7-8-27)25(29)30)10-17-11-20-23(21(28)12-17)33-15-34-24(20)32-14-26(2,3)4;1-6-17(18-8-7-9-25-15(18)2)10-16-11-19-21(20(24)12-16)27-14-28-22(19)26-13-23(3,4)5;5-3(6)4(1-2-4)8-9-7/h2*5-6,9-10,12,14,16,21,26H,7-8,11,15H2,1-4H3,(H,33,34,35);5-6,9,11-13,15,19,25H,7-8,10,14H2,1-4H3,(H,32,33,34);1,7-9,11-12,14,17H,10,13H2,2-5H3,(H,26,27,28);3H,1-2H2/t2*21-;;;/m10.../s1. The molecule has 4 fully saturated rings. The van der Waals surface area contributed by atoms with Gasteiger partial charge in [-0.15, -0.1) is 21.7 Å². The number of pyridine rings is 4. The van der Waals surface area contributed by atoms with Gasteiger partial charge in [0.15, 0.2) is 0 Å². The normalized spacial score (nSPS) is 15.3. The second kappa shape index (κ2) is 45.4. The largest absolute Gasteiger partial charge is 0.369 e. The first kappa shape index (κ1) is 110. The van der Waals surface area contributed by atoms with Crippen molar-refractivity contribution in [2.45, 2.75) is 259 Å². The van der Waals surface area contributed by atoms with E-state index in [9.17, 15) is 45.6 Å². The first-order chi connectivity index (χ1) is 71.3. The van der Waals surface area contributed by atoms with Crippen LogP contribution in [0.25, 0.3) is 54.1 Å². The number of hydrogen-bond donors (Lipinski definition) is 4. The van der Waals surface area contributed by atoms with Gasteiger partial charge in [0.2, 0.25) is 6.43 Å². The average Bonchev–Trinajstić information content (AvgIpc) is 1.60. The minimum Gasteiger partial charge on any atom is -0.369 e. The van der Waals surface area contributed by atoms with Crippen molar-refractivity contribution in [3.05, 3.63) is 282 Å². The number of nitrogens with one attached hydrogen (secondary N) is 4. The van der Waals surface area contributed by atoms with E-state index >= 15 is 0 Å². The summed E-state index contributed by atoms with van der Waals surface area (Å²) in [7, 11) is 0. The van der Waals surface area contributed by atoms with Crippen LogP contribution in [0, 0.1) is 84.4 Å². The minimum atomic E-state index is -2.51. The van der Waals surface area contributed by atoms with E-state index < -0.39 is 47.9 Å². The summed E-state index contributed by atoms with van der Waals surface area (Å²) in [6, 6.07) is 35.6. The van der Waals surface area contributed by atoms with Crippen LogP contribution in [0.1, 0.15) is 254 Å². The summed E-state index contributed by atoms with van der Waals surface area (Å²) in [5.74, 6) is 4.82. The van der Waals surface area contributed by atoms with Crippen molar-refractivity contribution in [1.82, 2.24) is 105 Å². The maximum absolute atomic E-state index is 13.8. The lowest BCUT2D eigenvalue weighted by molar-refractivity contribution is 0.0590. The molecular weight excluding hydrogens is 1960 g/mol. The van der Waals surface area contributed by atoms with E-state index in [-0.39, 0.29) is 45.3 Å². The van der Waals surface area contributed by atoms with Crippen LogP contribution in [0.3, 0.4) is 0 Å². The van der Waals surface area contributed by atoms with E-state index in [4.69, 9.17) is 35.2 Å². The van der Waals surface area contributed by atoms with Crippen LogP contribution in [-0.2, 0) is 42.3 Å². The third-order valence-corrected chi connectivity index (χ3v) is 27.6. The van der Waals surface area contributed by atoms with Gasteiger partial charge < -0.3 is 21.3 Å². The molecule has 0 spiro atoms. The molecule has 4 atom stereocenters. The number of rotatable bonds is 31. The molecule has 4 aliphatic rings. The van der Waals surface area contributed by atoms with E-state index in [2.05, 4.69) is 229 Å². The van der Waals surface area contributed by atoms with E-state index in [1.54, 1.807) is 49.7 Å². The Balaban J connectivity index is 0.000000146. The van der Waals surface area contributed by atoms with Crippen LogP contribution in [0.15, 0.2) is 171 Å². The number of fused-ring (bicyclic) bond motifs is 4. The molecule has 2 unspecified atom stereocenters. The van der Waals surface area contributed by atoms with E-state index in [1.165, 1.54) is 33.0 Å². The number of terminal acetylenes is 1. The molecule has 19 rings (SSSR count). The maximum Gasteiger partial charge on any atom is 0.263 e. The van der Waals surface area contributed by atoms with Crippen LogP contribution in [0.4, 0.5) is 58.4 Å². The number of aromatic nitrogens is 21. The summed E-state index contributed by atoms with van der Waals surface area (Å²) in [5, 5.41) is 66.3. The number of nitrogens with zero attached hydrogens (tertiary/aromatic N) is 26. The Hall–Kier alpha value is -14.7. The lowest BCUT2D eigenvalue weighted by atomic mass is 9.87. The minimum absolute atomic E-state index is 0.0266. The smallest absolute Gasteiger partial charge is 0.263 e. The van der Waals surface area contributed by atoms with E-state index in [1.807, 2.05) is 119 Å². The zero-order valence-electron chi connectivity index (χ0n) is 86.5. The van der Waals surface area contributed by atoms with E-state index in [0.29, 0.717) is 157 Å². The number of halogens is 10. The Morgan fingerprint density at radius 2 is 0.673 bits per heavy atom. The van der Waals surface area contributed by atoms with Crippen LogP contribution >= 0.6 is 23.2 Å². The van der Waals surface area contributed by atoms with Gasteiger partial charge in [0, 0.05) is 137 Å². The molecule has 11 aromatic heterocycles. The highest BCUT2D eigenvalue weighted by Gasteiger charge is 2.57. The predicted molar refractivity (Wildman–Crippen MR) is 564 cm³/mol. The second-order valence-corrected chi connectivity index (χ2v) is 44.6. The van der Waals surface area contributed by atoms with Crippen molar-refractivity contribution in [3.63, 3.8) is 0 Å². The molecule has 780 valence electrons. The highest BCUT2D eigenvalue weighted by Crippen LogP contribution is 2.52. The van der Waals surface area contributed by atoms with Gasteiger partial charge in [-0.3, -0.25) is 19.9 Å². The Morgan fingerprint density at radius 1 is 0.393 bits per heavy atom. The fourth-order valence-corrected chi connectivity index (χ4v) is 18.3. The fraction of sp³-hybridized carbons (Fsp3) is 0.436. The highest BCUT2D eigenvalue weighted by molar-refractivity contribution is 6.36. The lowest BCUT2D eigenvalue weighted by Gasteiger charge is -2.20. The quantitative estimate of drug-likeness (QED) is 0.0103. The molecule has 0 bridgehead atoms. The van der Waals surface area contributed by atoms with Crippen LogP contribution < -0.4 is 21.3 Å². The third-order valence-electron chi connectivity index (χ3n) is 27.0. The first-order valence-corrected chi connectivity index (χ1v) is 50.3. The molecular formula is C110H120Cl2F8N30. The van der Waals surface area contributed by atoms with Crippen molar-refractivity contribution < 1.29 is 35.1 Å². The molecule has 4 aromatic carbocycles. The van der Waals surface area contributed by atoms with Crippen molar-refractivity contribution in [2.75, 3.05) is 47.4 Å². The van der Waals surface area contributed by atoms with Gasteiger partial charge in [-0.25, -0.2) is 89.0 Å².